The van der Waals surface area contributed by atoms with Crippen LogP contribution in [0.2, 0.25) is 0 Å². The van der Waals surface area contributed by atoms with Gasteiger partial charge in [-0.1, -0.05) is 25.8 Å². The minimum absolute atomic E-state index is 0.269. The van der Waals surface area contributed by atoms with E-state index in [0.717, 1.165) is 36.1 Å². The summed E-state index contributed by atoms with van der Waals surface area (Å²) in [4.78, 5) is 15.9. The number of nitrogens with zero attached hydrogens (tertiary/aromatic N) is 2. The molecule has 0 aliphatic carbocycles. The monoisotopic (exact) mass is 260 g/mol. The van der Waals surface area contributed by atoms with Crippen LogP contribution in [0.3, 0.4) is 0 Å². The van der Waals surface area contributed by atoms with Gasteiger partial charge in [0.25, 0.3) is 0 Å². The normalized spacial score (nSPS) is 12.8. The fourth-order valence-corrected chi connectivity index (χ4v) is 2.61. The average Bonchev–Trinajstić information content (AvgIpc) is 2.71. The fraction of sp³-hybridized carbons (Fsp3) is 0.467. The van der Waals surface area contributed by atoms with Crippen LogP contribution >= 0.6 is 0 Å². The molecule has 2 aromatic rings. The Hall–Kier alpha value is -1.84. The summed E-state index contributed by atoms with van der Waals surface area (Å²) in [7, 11) is 0. The summed E-state index contributed by atoms with van der Waals surface area (Å²) in [6, 6.07) is 5.54. The highest BCUT2D eigenvalue weighted by Crippen LogP contribution is 2.26. The van der Waals surface area contributed by atoms with Crippen molar-refractivity contribution in [2.45, 2.75) is 46.1 Å². The molecule has 0 aliphatic heterocycles. The Labute approximate surface area is 113 Å². The maximum Gasteiger partial charge on any atom is 0.337 e. The SMILES string of the molecule is CCCCC(C)n1c(C)nc2cccc(C(=O)O)c21. The van der Waals surface area contributed by atoms with Gasteiger partial charge in [0.1, 0.15) is 5.82 Å². The van der Waals surface area contributed by atoms with Crippen molar-refractivity contribution in [1.29, 1.82) is 0 Å². The van der Waals surface area contributed by atoms with Crippen molar-refractivity contribution in [2.24, 2.45) is 0 Å². The van der Waals surface area contributed by atoms with Gasteiger partial charge in [0.2, 0.25) is 0 Å². The van der Waals surface area contributed by atoms with E-state index in [4.69, 9.17) is 0 Å². The Morgan fingerprint density at radius 1 is 1.47 bits per heavy atom. The highest BCUT2D eigenvalue weighted by molar-refractivity contribution is 6.01. The molecule has 0 amide bonds. The molecular formula is C15H20N2O2. The number of rotatable bonds is 5. The smallest absolute Gasteiger partial charge is 0.337 e. The number of para-hydroxylation sites is 1. The third kappa shape index (κ3) is 2.48. The summed E-state index contributed by atoms with van der Waals surface area (Å²) < 4.78 is 2.06. The van der Waals surface area contributed by atoms with Crippen molar-refractivity contribution < 1.29 is 9.90 Å². The zero-order valence-corrected chi connectivity index (χ0v) is 11.7. The Morgan fingerprint density at radius 3 is 2.84 bits per heavy atom. The van der Waals surface area contributed by atoms with Crippen molar-refractivity contribution in [3.05, 3.63) is 29.6 Å². The summed E-state index contributed by atoms with van der Waals surface area (Å²) in [5, 5.41) is 9.33. The zero-order valence-electron chi connectivity index (χ0n) is 11.7. The lowest BCUT2D eigenvalue weighted by Gasteiger charge is -2.17. The van der Waals surface area contributed by atoms with E-state index in [1.165, 1.54) is 0 Å². The van der Waals surface area contributed by atoms with E-state index >= 15 is 0 Å². The van der Waals surface area contributed by atoms with Gasteiger partial charge in [-0.3, -0.25) is 0 Å². The number of aromatic nitrogens is 2. The van der Waals surface area contributed by atoms with E-state index in [2.05, 4.69) is 23.4 Å². The number of benzene rings is 1. The topological polar surface area (TPSA) is 55.1 Å². The van der Waals surface area contributed by atoms with Crippen molar-refractivity contribution in [3.8, 4) is 0 Å². The minimum atomic E-state index is -0.894. The number of aryl methyl sites for hydroxylation is 1. The van der Waals surface area contributed by atoms with Crippen LogP contribution in [-0.2, 0) is 0 Å². The standard InChI is InChI=1S/C15H20N2O2/c1-4-5-7-10(2)17-11(3)16-13-9-6-8-12(14(13)17)15(18)19/h6,8-10H,4-5,7H2,1-3H3,(H,18,19). The van der Waals surface area contributed by atoms with Crippen LogP contribution in [0.25, 0.3) is 11.0 Å². The van der Waals surface area contributed by atoms with Crippen molar-refractivity contribution in [1.82, 2.24) is 9.55 Å². The van der Waals surface area contributed by atoms with Gasteiger partial charge in [0.15, 0.2) is 0 Å². The van der Waals surface area contributed by atoms with E-state index < -0.39 is 5.97 Å². The minimum Gasteiger partial charge on any atom is -0.478 e. The first-order valence-electron chi connectivity index (χ1n) is 6.77. The Balaban J connectivity index is 2.59. The van der Waals surface area contributed by atoms with E-state index in [9.17, 15) is 9.90 Å². The molecule has 1 aromatic heterocycles. The lowest BCUT2D eigenvalue weighted by atomic mass is 10.1. The lowest BCUT2D eigenvalue weighted by Crippen LogP contribution is -2.10. The molecule has 0 saturated carbocycles. The summed E-state index contributed by atoms with van der Waals surface area (Å²) in [5.74, 6) is -0.0123. The molecule has 102 valence electrons. The van der Waals surface area contributed by atoms with Crippen molar-refractivity contribution in [3.63, 3.8) is 0 Å². The molecular weight excluding hydrogens is 240 g/mol. The van der Waals surface area contributed by atoms with Gasteiger partial charge < -0.3 is 9.67 Å². The molecule has 0 bridgehead atoms. The molecule has 2 rings (SSSR count). The third-order valence-electron chi connectivity index (χ3n) is 3.53. The second-order valence-electron chi connectivity index (χ2n) is 5.00. The van der Waals surface area contributed by atoms with E-state index in [1.807, 2.05) is 13.0 Å². The predicted molar refractivity (Wildman–Crippen MR) is 75.7 cm³/mol. The van der Waals surface area contributed by atoms with Crippen molar-refractivity contribution >= 4 is 17.0 Å². The first-order chi connectivity index (χ1) is 9.06. The zero-order chi connectivity index (χ0) is 14.0. The van der Waals surface area contributed by atoms with Gasteiger partial charge in [0, 0.05) is 6.04 Å². The Bertz CT molecular complexity index is 601. The molecule has 4 nitrogen and oxygen atoms in total. The van der Waals surface area contributed by atoms with Crippen LogP contribution < -0.4 is 0 Å². The quantitative estimate of drug-likeness (QED) is 0.889. The second-order valence-corrected chi connectivity index (χ2v) is 5.00. The number of fused-ring (bicyclic) bond motifs is 1. The second kappa shape index (κ2) is 5.43. The number of unbranched alkanes of at least 4 members (excludes halogenated alkanes) is 1. The van der Waals surface area contributed by atoms with Gasteiger partial charge >= 0.3 is 5.97 Å². The van der Waals surface area contributed by atoms with E-state index in [0.29, 0.717) is 5.56 Å². The molecule has 1 aromatic carbocycles. The number of aromatic carboxylic acids is 1. The van der Waals surface area contributed by atoms with Crippen LogP contribution in [0.15, 0.2) is 18.2 Å². The van der Waals surface area contributed by atoms with Crippen LogP contribution in [0.5, 0.6) is 0 Å². The predicted octanol–water partition coefficient (Wildman–Crippen LogP) is 3.79. The Morgan fingerprint density at radius 2 is 2.21 bits per heavy atom. The average molecular weight is 260 g/mol. The molecule has 1 unspecified atom stereocenters. The van der Waals surface area contributed by atoms with E-state index in [1.54, 1.807) is 12.1 Å². The third-order valence-corrected chi connectivity index (χ3v) is 3.53. The van der Waals surface area contributed by atoms with Gasteiger partial charge in [-0.05, 0) is 32.4 Å². The molecule has 1 atom stereocenters. The highest BCUT2D eigenvalue weighted by atomic mass is 16.4. The van der Waals surface area contributed by atoms with Crippen LogP contribution in [0, 0.1) is 6.92 Å². The number of hydrogen-bond donors (Lipinski definition) is 1. The first-order valence-corrected chi connectivity index (χ1v) is 6.77. The summed E-state index contributed by atoms with van der Waals surface area (Å²) in [6.07, 6.45) is 3.31. The summed E-state index contributed by atoms with van der Waals surface area (Å²) in [5.41, 5.74) is 1.85. The highest BCUT2D eigenvalue weighted by Gasteiger charge is 2.18. The molecule has 0 fully saturated rings. The molecule has 4 heteroatoms. The Kier molecular flexibility index (Phi) is 3.88. The van der Waals surface area contributed by atoms with Crippen LogP contribution in [0.4, 0.5) is 0 Å². The molecule has 0 radical (unpaired) electrons. The molecule has 1 heterocycles. The molecule has 0 aliphatic rings. The number of carbonyl (C=O) groups is 1. The van der Waals surface area contributed by atoms with Gasteiger partial charge in [-0.25, -0.2) is 9.78 Å². The van der Waals surface area contributed by atoms with Gasteiger partial charge in [0.05, 0.1) is 16.6 Å². The fourth-order valence-electron chi connectivity index (χ4n) is 2.61. The van der Waals surface area contributed by atoms with E-state index in [-0.39, 0.29) is 6.04 Å². The molecule has 0 spiro atoms. The number of carboxylic acid groups (broad SMARTS) is 1. The van der Waals surface area contributed by atoms with Crippen molar-refractivity contribution in [2.75, 3.05) is 0 Å². The first kappa shape index (κ1) is 13.6. The molecule has 1 N–H and O–H groups in total. The lowest BCUT2D eigenvalue weighted by molar-refractivity contribution is 0.0698. The maximum atomic E-state index is 11.4. The van der Waals surface area contributed by atoms with Gasteiger partial charge in [-0.2, -0.15) is 0 Å². The molecule has 0 saturated heterocycles. The number of carboxylic acids is 1. The molecule has 19 heavy (non-hydrogen) atoms. The number of imidazole rings is 1. The van der Waals surface area contributed by atoms with Crippen LogP contribution in [0.1, 0.15) is 55.3 Å². The van der Waals surface area contributed by atoms with Gasteiger partial charge in [-0.15, -0.1) is 0 Å². The largest absolute Gasteiger partial charge is 0.478 e. The van der Waals surface area contributed by atoms with Crippen LogP contribution in [-0.4, -0.2) is 20.6 Å². The maximum absolute atomic E-state index is 11.4. The summed E-state index contributed by atoms with van der Waals surface area (Å²) in [6.45, 7) is 6.23. The number of hydrogen-bond acceptors (Lipinski definition) is 2. The summed E-state index contributed by atoms with van der Waals surface area (Å²) >= 11 is 0.